The van der Waals surface area contributed by atoms with Crippen LogP contribution in [0.3, 0.4) is 0 Å². The van der Waals surface area contributed by atoms with Crippen LogP contribution in [0.5, 0.6) is 0 Å². The van der Waals surface area contributed by atoms with Crippen LogP contribution in [-0.4, -0.2) is 13.3 Å². The van der Waals surface area contributed by atoms with Crippen LogP contribution in [0.4, 0.5) is 0 Å². The number of hydrogen-bond donors (Lipinski definition) is 0. The highest BCUT2D eigenvalue weighted by Gasteiger charge is 1.66. The van der Waals surface area contributed by atoms with Crippen molar-refractivity contribution in [2.45, 2.75) is 19.8 Å². The molecule has 8 heavy (non-hydrogen) atoms. The summed E-state index contributed by atoms with van der Waals surface area (Å²) in [5, 5.41) is 0. The van der Waals surface area contributed by atoms with Crippen molar-refractivity contribution >= 4 is 6.21 Å². The Morgan fingerprint density at radius 3 is 2.62 bits per heavy atom. The lowest BCUT2D eigenvalue weighted by atomic mass is 10.3. The number of aliphatic imine (C=N–C) groups is 1. The van der Waals surface area contributed by atoms with Crippen molar-refractivity contribution in [1.82, 2.24) is 0 Å². The van der Waals surface area contributed by atoms with E-state index >= 15 is 0 Å². The van der Waals surface area contributed by atoms with Crippen LogP contribution in [-0.2, 0) is 0 Å². The lowest BCUT2D eigenvalue weighted by molar-refractivity contribution is 1.21. The summed E-state index contributed by atoms with van der Waals surface area (Å²) in [6.45, 7) is 2.12. The van der Waals surface area contributed by atoms with Gasteiger partial charge in [-0.15, -0.1) is 0 Å². The third kappa shape index (κ3) is 5.41. The van der Waals surface area contributed by atoms with Crippen molar-refractivity contribution in [3.63, 3.8) is 0 Å². The summed E-state index contributed by atoms with van der Waals surface area (Å²) in [6, 6.07) is 0. The van der Waals surface area contributed by atoms with Crippen molar-refractivity contribution in [2.24, 2.45) is 4.99 Å². The van der Waals surface area contributed by atoms with Crippen molar-refractivity contribution < 1.29 is 0 Å². The van der Waals surface area contributed by atoms with Crippen molar-refractivity contribution in [2.75, 3.05) is 7.05 Å². The molecule has 0 fully saturated rings. The zero-order valence-electron chi connectivity index (χ0n) is 5.59. The van der Waals surface area contributed by atoms with Crippen LogP contribution in [0.25, 0.3) is 0 Å². The molecule has 0 amide bonds. The SMILES string of the molecule is CC/C=C\C/C=N\C. The molecule has 0 saturated carbocycles. The fourth-order valence-corrected chi connectivity index (χ4v) is 0.429. The van der Waals surface area contributed by atoms with Crippen LogP contribution >= 0.6 is 0 Å². The first kappa shape index (κ1) is 7.41. The molecule has 0 radical (unpaired) electrons. The predicted molar refractivity (Wildman–Crippen MR) is 38.5 cm³/mol. The minimum Gasteiger partial charge on any atom is -0.301 e. The fourth-order valence-electron chi connectivity index (χ4n) is 0.429. The van der Waals surface area contributed by atoms with E-state index in [-0.39, 0.29) is 0 Å². The maximum absolute atomic E-state index is 3.83. The zero-order valence-corrected chi connectivity index (χ0v) is 5.59. The molecule has 0 spiro atoms. The largest absolute Gasteiger partial charge is 0.301 e. The van der Waals surface area contributed by atoms with E-state index in [0.717, 1.165) is 12.8 Å². The second-order valence-electron chi connectivity index (χ2n) is 1.56. The van der Waals surface area contributed by atoms with Gasteiger partial charge in [0, 0.05) is 19.7 Å². The number of nitrogens with zero attached hydrogens (tertiary/aromatic N) is 1. The first-order chi connectivity index (χ1) is 3.91. The van der Waals surface area contributed by atoms with Gasteiger partial charge >= 0.3 is 0 Å². The van der Waals surface area contributed by atoms with E-state index in [1.807, 2.05) is 6.21 Å². The van der Waals surface area contributed by atoms with Crippen LogP contribution in [0, 0.1) is 0 Å². The van der Waals surface area contributed by atoms with E-state index in [4.69, 9.17) is 0 Å². The Hall–Kier alpha value is -0.590. The quantitative estimate of drug-likeness (QED) is 0.390. The zero-order chi connectivity index (χ0) is 6.24. The lowest BCUT2D eigenvalue weighted by Crippen LogP contribution is -1.66. The molecule has 0 aromatic heterocycles. The van der Waals surface area contributed by atoms with Gasteiger partial charge in [-0.05, 0) is 6.42 Å². The van der Waals surface area contributed by atoms with Crippen molar-refractivity contribution in [1.29, 1.82) is 0 Å². The minimum absolute atomic E-state index is 0.977. The van der Waals surface area contributed by atoms with Crippen LogP contribution < -0.4 is 0 Å². The third-order valence-electron chi connectivity index (χ3n) is 0.826. The standard InChI is InChI=1S/C7H13N/c1-3-4-5-6-7-8-2/h4-5,7H,3,6H2,1-2H3/b5-4-,8-7-. The molecule has 0 saturated heterocycles. The molecule has 0 N–H and O–H groups in total. The third-order valence-corrected chi connectivity index (χ3v) is 0.826. The minimum atomic E-state index is 0.977. The van der Waals surface area contributed by atoms with Gasteiger partial charge in [-0.3, -0.25) is 0 Å². The Bertz CT molecular complexity index is 82.4. The first-order valence-electron chi connectivity index (χ1n) is 2.97. The molecule has 1 nitrogen and oxygen atoms in total. The molecule has 0 atom stereocenters. The van der Waals surface area contributed by atoms with E-state index in [1.54, 1.807) is 7.05 Å². The molecular weight excluding hydrogens is 98.1 g/mol. The summed E-state index contributed by atoms with van der Waals surface area (Å²) in [5.74, 6) is 0. The summed E-state index contributed by atoms with van der Waals surface area (Å²) < 4.78 is 0. The van der Waals surface area contributed by atoms with Gasteiger partial charge in [-0.25, -0.2) is 0 Å². The van der Waals surface area contributed by atoms with Gasteiger partial charge in [0.2, 0.25) is 0 Å². The van der Waals surface area contributed by atoms with Crippen LogP contribution in [0.15, 0.2) is 17.1 Å². The second kappa shape index (κ2) is 6.41. The Morgan fingerprint density at radius 2 is 2.12 bits per heavy atom. The Morgan fingerprint density at radius 1 is 1.38 bits per heavy atom. The van der Waals surface area contributed by atoms with E-state index in [2.05, 4.69) is 24.1 Å². The number of allylic oxidation sites excluding steroid dienone is 2. The normalized spacial score (nSPS) is 11.8. The number of rotatable bonds is 3. The summed E-state index contributed by atoms with van der Waals surface area (Å²) in [6.07, 6.45) is 8.25. The van der Waals surface area contributed by atoms with Gasteiger partial charge < -0.3 is 4.99 Å². The molecule has 0 rings (SSSR count). The van der Waals surface area contributed by atoms with E-state index in [9.17, 15) is 0 Å². The van der Waals surface area contributed by atoms with E-state index in [0.29, 0.717) is 0 Å². The Balaban J connectivity index is 3.03. The van der Waals surface area contributed by atoms with Crippen molar-refractivity contribution in [3.05, 3.63) is 12.2 Å². The summed E-state index contributed by atoms with van der Waals surface area (Å²) in [4.78, 5) is 3.83. The molecular formula is C7H13N. The first-order valence-corrected chi connectivity index (χ1v) is 2.97. The average molecular weight is 111 g/mol. The molecule has 0 aromatic rings. The molecule has 1 heteroatoms. The average Bonchev–Trinajstić information content (AvgIpc) is 1.81. The summed E-state index contributed by atoms with van der Waals surface area (Å²) >= 11 is 0. The Labute approximate surface area is 51.1 Å². The molecule has 0 aliphatic carbocycles. The monoisotopic (exact) mass is 111 g/mol. The van der Waals surface area contributed by atoms with Gasteiger partial charge in [-0.2, -0.15) is 0 Å². The maximum atomic E-state index is 3.83. The van der Waals surface area contributed by atoms with E-state index in [1.165, 1.54) is 0 Å². The van der Waals surface area contributed by atoms with Gasteiger partial charge in [-0.1, -0.05) is 19.1 Å². The van der Waals surface area contributed by atoms with E-state index < -0.39 is 0 Å². The maximum Gasteiger partial charge on any atom is 0.0273 e. The van der Waals surface area contributed by atoms with Gasteiger partial charge in [0.25, 0.3) is 0 Å². The molecule has 0 bridgehead atoms. The molecule has 0 heterocycles. The highest BCUT2D eigenvalue weighted by Crippen LogP contribution is 1.81. The molecule has 0 aliphatic rings. The smallest absolute Gasteiger partial charge is 0.0273 e. The van der Waals surface area contributed by atoms with Gasteiger partial charge in [0.15, 0.2) is 0 Å². The Kier molecular flexibility index (Phi) is 5.94. The molecule has 46 valence electrons. The van der Waals surface area contributed by atoms with Crippen LogP contribution in [0.1, 0.15) is 19.8 Å². The summed E-state index contributed by atoms with van der Waals surface area (Å²) in [7, 11) is 1.79. The molecule has 0 unspecified atom stereocenters. The van der Waals surface area contributed by atoms with Crippen LogP contribution in [0.2, 0.25) is 0 Å². The topological polar surface area (TPSA) is 12.4 Å². The van der Waals surface area contributed by atoms with Gasteiger partial charge in [0.1, 0.15) is 0 Å². The highest BCUT2D eigenvalue weighted by molar-refractivity contribution is 5.58. The van der Waals surface area contributed by atoms with Gasteiger partial charge in [0.05, 0.1) is 0 Å². The summed E-state index contributed by atoms with van der Waals surface area (Å²) in [5.41, 5.74) is 0. The fraction of sp³-hybridized carbons (Fsp3) is 0.571. The molecule has 0 aliphatic heterocycles. The predicted octanol–water partition coefficient (Wildman–Crippen LogP) is 2.04. The number of hydrogen-bond acceptors (Lipinski definition) is 1. The lowest BCUT2D eigenvalue weighted by Gasteiger charge is -1.77. The highest BCUT2D eigenvalue weighted by atomic mass is 14.6. The van der Waals surface area contributed by atoms with Crippen molar-refractivity contribution in [3.8, 4) is 0 Å². The second-order valence-corrected chi connectivity index (χ2v) is 1.56. The molecule has 0 aromatic carbocycles.